The molecule has 3 heterocycles. The number of aromatic nitrogens is 1. The van der Waals surface area contributed by atoms with E-state index in [0.29, 0.717) is 32.2 Å². The molecule has 0 radical (unpaired) electrons. The Morgan fingerprint density at radius 3 is 2.86 bits per heavy atom. The van der Waals surface area contributed by atoms with Crippen molar-refractivity contribution in [2.75, 3.05) is 50.5 Å². The number of anilines is 1. The molecule has 2 aliphatic heterocycles. The highest BCUT2D eigenvalue weighted by molar-refractivity contribution is 7.88. The van der Waals surface area contributed by atoms with Crippen LogP contribution in [-0.2, 0) is 14.8 Å². The second-order valence-corrected chi connectivity index (χ2v) is 8.46. The number of ether oxygens (including phenoxy) is 1. The first-order valence-corrected chi connectivity index (χ1v) is 9.44. The lowest BCUT2D eigenvalue weighted by Crippen LogP contribution is -2.45. The first-order chi connectivity index (χ1) is 10.4. The van der Waals surface area contributed by atoms with Crippen molar-refractivity contribution in [3.8, 4) is 0 Å². The number of sulfonamides is 1. The minimum absolute atomic E-state index is 0.170. The molecule has 0 aromatic carbocycles. The summed E-state index contributed by atoms with van der Waals surface area (Å²) in [5.74, 6) is 1.29. The molecule has 2 atom stereocenters. The van der Waals surface area contributed by atoms with E-state index in [4.69, 9.17) is 4.74 Å². The lowest BCUT2D eigenvalue weighted by Gasteiger charge is -2.33. The van der Waals surface area contributed by atoms with Crippen molar-refractivity contribution in [1.82, 2.24) is 9.29 Å². The number of nitrogens with zero attached hydrogens (tertiary/aromatic N) is 3. The van der Waals surface area contributed by atoms with Gasteiger partial charge in [-0.05, 0) is 18.1 Å². The smallest absolute Gasteiger partial charge is 0.211 e. The van der Waals surface area contributed by atoms with Crippen molar-refractivity contribution in [3.05, 3.63) is 24.4 Å². The molecule has 1 aromatic rings. The van der Waals surface area contributed by atoms with Crippen molar-refractivity contribution < 1.29 is 13.2 Å². The van der Waals surface area contributed by atoms with Gasteiger partial charge in [-0.25, -0.2) is 13.4 Å². The molecule has 0 unspecified atom stereocenters. The summed E-state index contributed by atoms with van der Waals surface area (Å²) in [5.41, 5.74) is -0.170. The predicted octanol–water partition coefficient (Wildman–Crippen LogP) is 0.816. The lowest BCUT2D eigenvalue weighted by atomic mass is 9.80. The molecule has 2 aliphatic rings. The maximum atomic E-state index is 12.0. The van der Waals surface area contributed by atoms with Crippen molar-refractivity contribution in [2.24, 2.45) is 11.3 Å². The fourth-order valence-corrected chi connectivity index (χ4v) is 4.33. The zero-order valence-electron chi connectivity index (χ0n) is 13.1. The Kier molecular flexibility index (Phi) is 4.13. The van der Waals surface area contributed by atoms with Gasteiger partial charge in [0.1, 0.15) is 5.82 Å². The van der Waals surface area contributed by atoms with E-state index in [0.717, 1.165) is 18.9 Å². The summed E-state index contributed by atoms with van der Waals surface area (Å²) in [4.78, 5) is 6.65. The Morgan fingerprint density at radius 1 is 1.36 bits per heavy atom. The molecule has 122 valence electrons. The molecule has 7 heteroatoms. The van der Waals surface area contributed by atoms with E-state index in [1.165, 1.54) is 6.26 Å². The molecule has 3 rings (SSSR count). The summed E-state index contributed by atoms with van der Waals surface area (Å²) in [5, 5.41) is 0. The molecule has 22 heavy (non-hydrogen) atoms. The largest absolute Gasteiger partial charge is 0.379 e. The minimum atomic E-state index is -3.20. The fourth-order valence-electron chi connectivity index (χ4n) is 3.43. The third-order valence-corrected chi connectivity index (χ3v) is 6.10. The van der Waals surface area contributed by atoms with Gasteiger partial charge in [-0.15, -0.1) is 0 Å². The fraction of sp³-hybridized carbons (Fsp3) is 0.667. The van der Waals surface area contributed by atoms with Gasteiger partial charge < -0.3 is 9.64 Å². The van der Waals surface area contributed by atoms with Gasteiger partial charge in [-0.1, -0.05) is 13.0 Å². The number of hydrogen-bond donors (Lipinski definition) is 0. The van der Waals surface area contributed by atoms with Gasteiger partial charge in [-0.2, -0.15) is 4.31 Å². The molecule has 2 saturated heterocycles. The van der Waals surface area contributed by atoms with E-state index in [2.05, 4.69) is 16.8 Å². The first-order valence-electron chi connectivity index (χ1n) is 7.60. The highest BCUT2D eigenvalue weighted by Crippen LogP contribution is 2.40. The van der Waals surface area contributed by atoms with Gasteiger partial charge in [0, 0.05) is 37.8 Å². The van der Waals surface area contributed by atoms with Gasteiger partial charge in [0.05, 0.1) is 19.5 Å². The highest BCUT2D eigenvalue weighted by atomic mass is 32.2. The summed E-state index contributed by atoms with van der Waals surface area (Å²) in [6, 6.07) is 5.88. The van der Waals surface area contributed by atoms with Crippen LogP contribution >= 0.6 is 0 Å². The van der Waals surface area contributed by atoms with Crippen molar-refractivity contribution >= 4 is 15.8 Å². The third kappa shape index (κ3) is 2.98. The van der Waals surface area contributed by atoms with Gasteiger partial charge in [-0.3, -0.25) is 0 Å². The molecule has 1 aromatic heterocycles. The summed E-state index contributed by atoms with van der Waals surface area (Å²) in [7, 11) is -3.20. The maximum absolute atomic E-state index is 12.0. The number of pyridine rings is 1. The van der Waals surface area contributed by atoms with Gasteiger partial charge in [0.15, 0.2) is 0 Å². The van der Waals surface area contributed by atoms with Crippen LogP contribution in [0.25, 0.3) is 0 Å². The average molecular weight is 325 g/mol. The summed E-state index contributed by atoms with van der Waals surface area (Å²) < 4.78 is 31.3. The number of hydrogen-bond acceptors (Lipinski definition) is 5. The Morgan fingerprint density at radius 2 is 2.18 bits per heavy atom. The van der Waals surface area contributed by atoms with E-state index in [9.17, 15) is 8.42 Å². The zero-order valence-corrected chi connectivity index (χ0v) is 13.9. The summed E-state index contributed by atoms with van der Waals surface area (Å²) in [6.45, 7) is 5.86. The van der Waals surface area contributed by atoms with Gasteiger partial charge in [0.2, 0.25) is 10.0 Å². The van der Waals surface area contributed by atoms with Crippen LogP contribution in [-0.4, -0.2) is 63.4 Å². The quantitative estimate of drug-likeness (QED) is 0.805. The second kappa shape index (κ2) is 5.79. The van der Waals surface area contributed by atoms with Crippen LogP contribution in [0.2, 0.25) is 0 Å². The van der Waals surface area contributed by atoms with Gasteiger partial charge >= 0.3 is 0 Å². The minimum Gasteiger partial charge on any atom is -0.379 e. The molecule has 0 saturated carbocycles. The monoisotopic (exact) mass is 325 g/mol. The van der Waals surface area contributed by atoms with E-state index >= 15 is 0 Å². The van der Waals surface area contributed by atoms with Crippen LogP contribution in [0.1, 0.15) is 6.92 Å². The maximum Gasteiger partial charge on any atom is 0.211 e. The Bertz CT molecular complexity index is 622. The van der Waals surface area contributed by atoms with E-state index in [1.807, 2.05) is 18.2 Å². The van der Waals surface area contributed by atoms with Crippen molar-refractivity contribution in [1.29, 1.82) is 0 Å². The van der Waals surface area contributed by atoms with Crippen LogP contribution in [0, 0.1) is 11.3 Å². The molecule has 2 fully saturated rings. The second-order valence-electron chi connectivity index (χ2n) is 6.48. The Labute approximate surface area is 132 Å². The van der Waals surface area contributed by atoms with E-state index in [1.54, 1.807) is 10.5 Å². The average Bonchev–Trinajstić information content (AvgIpc) is 2.66. The molecule has 0 amide bonds. The Balaban J connectivity index is 1.85. The molecule has 6 nitrogen and oxygen atoms in total. The summed E-state index contributed by atoms with van der Waals surface area (Å²) >= 11 is 0. The molecule has 0 aliphatic carbocycles. The zero-order chi connectivity index (χ0) is 15.8. The highest BCUT2D eigenvalue weighted by Gasteiger charge is 2.48. The molecule has 0 N–H and O–H groups in total. The third-order valence-electron chi connectivity index (χ3n) is 4.85. The van der Waals surface area contributed by atoms with Crippen LogP contribution < -0.4 is 4.90 Å². The molecular weight excluding hydrogens is 302 g/mol. The molecule has 1 spiro atoms. The topological polar surface area (TPSA) is 62.7 Å². The van der Waals surface area contributed by atoms with Gasteiger partial charge in [0.25, 0.3) is 0 Å². The van der Waals surface area contributed by atoms with Crippen LogP contribution in [0.5, 0.6) is 0 Å². The number of rotatable bonds is 2. The predicted molar refractivity (Wildman–Crippen MR) is 85.3 cm³/mol. The van der Waals surface area contributed by atoms with Crippen LogP contribution in [0.15, 0.2) is 24.4 Å². The summed E-state index contributed by atoms with van der Waals surface area (Å²) in [6.07, 6.45) is 3.07. The lowest BCUT2D eigenvalue weighted by molar-refractivity contribution is 0.0582. The first kappa shape index (κ1) is 15.7. The van der Waals surface area contributed by atoms with Crippen molar-refractivity contribution in [3.63, 3.8) is 0 Å². The van der Waals surface area contributed by atoms with Crippen LogP contribution in [0.4, 0.5) is 5.82 Å². The SMILES string of the molecule is C[C@@H]1CN(c2ccccn2)C[C@]12COCCN(S(C)(=O)=O)C2. The van der Waals surface area contributed by atoms with E-state index < -0.39 is 10.0 Å². The van der Waals surface area contributed by atoms with E-state index in [-0.39, 0.29) is 5.41 Å². The molecular formula is C15H23N3O3S. The molecule has 0 bridgehead atoms. The standard InChI is InChI=1S/C15H23N3O3S/c1-13-9-17(14-5-3-4-6-16-14)10-15(13)11-18(22(2,19)20)7-8-21-12-15/h3-6,13H,7-12H2,1-2H3/t13-,15+/m1/s1. The Hall–Kier alpha value is -1.18. The normalized spacial score (nSPS) is 30.6. The van der Waals surface area contributed by atoms with Crippen molar-refractivity contribution in [2.45, 2.75) is 6.92 Å². The van der Waals surface area contributed by atoms with Crippen LogP contribution in [0.3, 0.4) is 0 Å².